The first-order chi connectivity index (χ1) is 8.17. The van der Waals surface area contributed by atoms with Crippen molar-refractivity contribution in [1.29, 1.82) is 0 Å². The lowest BCUT2D eigenvalue weighted by molar-refractivity contribution is 0.0905. The summed E-state index contributed by atoms with van der Waals surface area (Å²) in [4.78, 5) is 12.2. The maximum absolute atomic E-state index is 12.2. The minimum atomic E-state index is -0.0143. The van der Waals surface area contributed by atoms with Gasteiger partial charge in [0.25, 0.3) is 0 Å². The predicted octanol–water partition coefficient (Wildman–Crippen LogP) is 1.31. The van der Waals surface area contributed by atoms with Crippen LogP contribution in [0.2, 0.25) is 0 Å². The molecule has 1 N–H and O–H groups in total. The van der Waals surface area contributed by atoms with E-state index in [1.54, 1.807) is 17.9 Å². The number of ketones is 1. The normalized spacial score (nSPS) is 19.2. The Kier molecular flexibility index (Phi) is 3.57. The summed E-state index contributed by atoms with van der Waals surface area (Å²) >= 11 is 0. The molecule has 0 atom stereocenters. The summed E-state index contributed by atoms with van der Waals surface area (Å²) in [6.07, 6.45) is 7.96. The summed E-state index contributed by atoms with van der Waals surface area (Å²) in [5, 5.41) is 10.9. The standard InChI is InChI=1S/C12H20N4O/c1-13-12(6-4-3-5-7-12)8-11(17)10-9-14-15-16(10)2/h9,13H,3-8H2,1-2H3. The highest BCUT2D eigenvalue weighted by atomic mass is 16.1. The van der Waals surface area contributed by atoms with Crippen LogP contribution in [0.15, 0.2) is 6.20 Å². The van der Waals surface area contributed by atoms with E-state index in [4.69, 9.17) is 0 Å². The molecule has 5 nitrogen and oxygen atoms in total. The van der Waals surface area contributed by atoms with Crippen LogP contribution >= 0.6 is 0 Å². The largest absolute Gasteiger partial charge is 0.314 e. The predicted molar refractivity (Wildman–Crippen MR) is 64.8 cm³/mol. The van der Waals surface area contributed by atoms with E-state index in [9.17, 15) is 4.79 Å². The van der Waals surface area contributed by atoms with Gasteiger partial charge in [0, 0.05) is 19.0 Å². The molecule has 1 aliphatic carbocycles. The molecule has 1 aromatic rings. The molecule has 94 valence electrons. The van der Waals surface area contributed by atoms with Crippen molar-refractivity contribution in [2.24, 2.45) is 7.05 Å². The highest BCUT2D eigenvalue weighted by molar-refractivity contribution is 5.94. The minimum Gasteiger partial charge on any atom is -0.314 e. The summed E-state index contributed by atoms with van der Waals surface area (Å²) in [5.74, 6) is 0.133. The van der Waals surface area contributed by atoms with Gasteiger partial charge in [0.2, 0.25) is 0 Å². The number of rotatable bonds is 4. The second kappa shape index (κ2) is 4.96. The first-order valence-corrected chi connectivity index (χ1v) is 6.24. The van der Waals surface area contributed by atoms with Crippen LogP contribution in [0.3, 0.4) is 0 Å². The maximum atomic E-state index is 12.2. The number of nitrogens with zero attached hydrogens (tertiary/aromatic N) is 3. The molecule has 1 aliphatic rings. The van der Waals surface area contributed by atoms with Crippen LogP contribution in [-0.4, -0.2) is 33.4 Å². The van der Waals surface area contributed by atoms with Gasteiger partial charge >= 0.3 is 0 Å². The summed E-state index contributed by atoms with van der Waals surface area (Å²) in [6.45, 7) is 0. The molecule has 1 fully saturated rings. The molecule has 0 unspecified atom stereocenters. The van der Waals surface area contributed by atoms with Gasteiger partial charge in [-0.2, -0.15) is 0 Å². The number of carbonyl (C=O) groups excluding carboxylic acids is 1. The van der Waals surface area contributed by atoms with Gasteiger partial charge in [-0.3, -0.25) is 4.79 Å². The smallest absolute Gasteiger partial charge is 0.184 e. The third kappa shape index (κ3) is 2.54. The molecule has 0 saturated heterocycles. The van der Waals surface area contributed by atoms with Crippen LogP contribution in [0.25, 0.3) is 0 Å². The highest BCUT2D eigenvalue weighted by Crippen LogP contribution is 2.31. The molecule has 0 amide bonds. The molecular formula is C12H20N4O. The number of hydrogen-bond donors (Lipinski definition) is 1. The van der Waals surface area contributed by atoms with Crippen molar-refractivity contribution in [2.45, 2.75) is 44.1 Å². The molecule has 2 rings (SSSR count). The first-order valence-electron chi connectivity index (χ1n) is 6.24. The van der Waals surface area contributed by atoms with E-state index in [1.165, 1.54) is 19.3 Å². The molecule has 0 aliphatic heterocycles. The van der Waals surface area contributed by atoms with Gasteiger partial charge in [-0.1, -0.05) is 24.5 Å². The zero-order valence-electron chi connectivity index (χ0n) is 10.6. The van der Waals surface area contributed by atoms with E-state index in [2.05, 4.69) is 15.6 Å². The summed E-state index contributed by atoms with van der Waals surface area (Å²) in [6, 6.07) is 0. The van der Waals surface area contributed by atoms with E-state index >= 15 is 0 Å². The van der Waals surface area contributed by atoms with Crippen molar-refractivity contribution >= 4 is 5.78 Å². The van der Waals surface area contributed by atoms with E-state index in [1.807, 2.05) is 7.05 Å². The lowest BCUT2D eigenvalue weighted by Crippen LogP contribution is -2.46. The van der Waals surface area contributed by atoms with E-state index < -0.39 is 0 Å². The fraction of sp³-hybridized carbons (Fsp3) is 0.750. The maximum Gasteiger partial charge on any atom is 0.184 e. The Morgan fingerprint density at radius 1 is 1.47 bits per heavy atom. The number of aromatic nitrogens is 3. The Morgan fingerprint density at radius 3 is 2.71 bits per heavy atom. The van der Waals surface area contributed by atoms with Crippen molar-refractivity contribution in [3.05, 3.63) is 11.9 Å². The third-order valence-corrected chi connectivity index (χ3v) is 3.84. The number of aryl methyl sites for hydroxylation is 1. The number of nitrogens with one attached hydrogen (secondary N) is 1. The van der Waals surface area contributed by atoms with Crippen LogP contribution in [0.4, 0.5) is 0 Å². The molecule has 1 saturated carbocycles. The highest BCUT2D eigenvalue weighted by Gasteiger charge is 2.33. The van der Waals surface area contributed by atoms with Crippen LogP contribution < -0.4 is 5.32 Å². The molecule has 0 bridgehead atoms. The Labute approximate surface area is 102 Å². The number of Topliss-reactive ketones (excluding diaryl/α,β-unsaturated/α-hetero) is 1. The molecular weight excluding hydrogens is 216 g/mol. The fourth-order valence-corrected chi connectivity index (χ4v) is 2.68. The van der Waals surface area contributed by atoms with E-state index in [0.717, 1.165) is 12.8 Å². The quantitative estimate of drug-likeness (QED) is 0.801. The van der Waals surface area contributed by atoms with Gasteiger partial charge in [0.15, 0.2) is 5.78 Å². The second-order valence-electron chi connectivity index (χ2n) is 4.93. The molecule has 1 aromatic heterocycles. The van der Waals surface area contributed by atoms with Crippen molar-refractivity contribution in [2.75, 3.05) is 7.05 Å². The number of carbonyl (C=O) groups is 1. The summed E-state index contributed by atoms with van der Waals surface area (Å²) < 4.78 is 1.55. The molecule has 0 spiro atoms. The fourth-order valence-electron chi connectivity index (χ4n) is 2.68. The van der Waals surface area contributed by atoms with Gasteiger partial charge in [-0.05, 0) is 19.9 Å². The van der Waals surface area contributed by atoms with Crippen molar-refractivity contribution in [3.63, 3.8) is 0 Å². The lowest BCUT2D eigenvalue weighted by atomic mass is 9.78. The Morgan fingerprint density at radius 2 is 2.18 bits per heavy atom. The first kappa shape index (κ1) is 12.2. The Balaban J connectivity index is 2.08. The molecule has 17 heavy (non-hydrogen) atoms. The molecule has 0 aromatic carbocycles. The molecule has 0 radical (unpaired) electrons. The molecule has 1 heterocycles. The zero-order chi connectivity index (χ0) is 12.3. The Bertz CT molecular complexity index is 393. The van der Waals surface area contributed by atoms with Gasteiger partial charge < -0.3 is 5.32 Å². The monoisotopic (exact) mass is 236 g/mol. The second-order valence-corrected chi connectivity index (χ2v) is 4.93. The minimum absolute atomic E-state index is 0.0143. The number of hydrogen-bond acceptors (Lipinski definition) is 4. The van der Waals surface area contributed by atoms with Crippen LogP contribution in [0.5, 0.6) is 0 Å². The van der Waals surface area contributed by atoms with Crippen molar-refractivity contribution in [3.8, 4) is 0 Å². The Hall–Kier alpha value is -1.23. The van der Waals surface area contributed by atoms with Crippen LogP contribution in [-0.2, 0) is 7.05 Å². The van der Waals surface area contributed by atoms with E-state index in [0.29, 0.717) is 12.1 Å². The van der Waals surface area contributed by atoms with Crippen molar-refractivity contribution < 1.29 is 4.79 Å². The summed E-state index contributed by atoms with van der Waals surface area (Å²) in [7, 11) is 3.72. The zero-order valence-corrected chi connectivity index (χ0v) is 10.6. The van der Waals surface area contributed by atoms with Crippen LogP contribution in [0.1, 0.15) is 49.0 Å². The van der Waals surface area contributed by atoms with Gasteiger partial charge in [-0.15, -0.1) is 5.10 Å². The molecule has 5 heteroatoms. The van der Waals surface area contributed by atoms with E-state index in [-0.39, 0.29) is 11.3 Å². The SMILES string of the molecule is CNC1(CC(=O)c2cnnn2C)CCCCC1. The third-order valence-electron chi connectivity index (χ3n) is 3.84. The van der Waals surface area contributed by atoms with Crippen molar-refractivity contribution in [1.82, 2.24) is 20.3 Å². The summed E-state index contributed by atoms with van der Waals surface area (Å²) in [5.41, 5.74) is 0.588. The lowest BCUT2D eigenvalue weighted by Gasteiger charge is -2.36. The topological polar surface area (TPSA) is 59.8 Å². The van der Waals surface area contributed by atoms with Crippen LogP contribution in [0, 0.1) is 0 Å². The van der Waals surface area contributed by atoms with Gasteiger partial charge in [0.1, 0.15) is 5.69 Å². The van der Waals surface area contributed by atoms with Gasteiger partial charge in [0.05, 0.1) is 6.20 Å². The average molecular weight is 236 g/mol. The van der Waals surface area contributed by atoms with Gasteiger partial charge in [-0.25, -0.2) is 4.68 Å². The average Bonchev–Trinajstić information content (AvgIpc) is 2.77.